The number of nitrogens with zero attached hydrogens (tertiary/aromatic N) is 1. The SMILES string of the molecule is Nc1ccc(Sc2ccccc2N(CCCl)CCCl)cc1. The Morgan fingerprint density at radius 1 is 0.905 bits per heavy atom. The zero-order chi connectivity index (χ0) is 15.1. The average molecular weight is 341 g/mol. The Morgan fingerprint density at radius 3 is 2.14 bits per heavy atom. The molecule has 0 fully saturated rings. The summed E-state index contributed by atoms with van der Waals surface area (Å²) in [6, 6.07) is 16.2. The van der Waals surface area contributed by atoms with Crippen LogP contribution in [0.4, 0.5) is 11.4 Å². The van der Waals surface area contributed by atoms with Crippen molar-refractivity contribution in [3.63, 3.8) is 0 Å². The molecule has 0 aliphatic heterocycles. The largest absolute Gasteiger partial charge is 0.399 e. The van der Waals surface area contributed by atoms with Crippen molar-refractivity contribution >= 4 is 46.3 Å². The molecule has 112 valence electrons. The van der Waals surface area contributed by atoms with Crippen LogP contribution in [-0.2, 0) is 0 Å². The highest BCUT2D eigenvalue weighted by Crippen LogP contribution is 2.35. The van der Waals surface area contributed by atoms with Gasteiger partial charge in [-0.15, -0.1) is 23.2 Å². The number of alkyl halides is 2. The molecule has 2 aromatic carbocycles. The predicted octanol–water partition coefficient (Wildman–Crippen LogP) is 4.70. The van der Waals surface area contributed by atoms with Crippen LogP contribution in [0.5, 0.6) is 0 Å². The number of halogens is 2. The number of para-hydroxylation sites is 1. The van der Waals surface area contributed by atoms with Gasteiger partial charge in [-0.25, -0.2) is 0 Å². The highest BCUT2D eigenvalue weighted by atomic mass is 35.5. The van der Waals surface area contributed by atoms with Gasteiger partial charge < -0.3 is 10.6 Å². The molecule has 2 nitrogen and oxygen atoms in total. The highest BCUT2D eigenvalue weighted by Gasteiger charge is 2.11. The average Bonchev–Trinajstić information content (AvgIpc) is 2.50. The fourth-order valence-electron chi connectivity index (χ4n) is 2.02. The van der Waals surface area contributed by atoms with Gasteiger partial charge in [0.1, 0.15) is 0 Å². The summed E-state index contributed by atoms with van der Waals surface area (Å²) in [7, 11) is 0. The lowest BCUT2D eigenvalue weighted by atomic mass is 10.3. The minimum atomic E-state index is 0.581. The van der Waals surface area contributed by atoms with Crippen LogP contribution in [-0.4, -0.2) is 24.8 Å². The van der Waals surface area contributed by atoms with Crippen LogP contribution in [0.25, 0.3) is 0 Å². The Balaban J connectivity index is 2.24. The summed E-state index contributed by atoms with van der Waals surface area (Å²) >= 11 is 13.5. The molecule has 0 amide bonds. The molecule has 2 N–H and O–H groups in total. The third-order valence-corrected chi connectivity index (χ3v) is 4.43. The number of hydrogen-bond donors (Lipinski definition) is 1. The van der Waals surface area contributed by atoms with Gasteiger partial charge >= 0.3 is 0 Å². The molecule has 0 aromatic heterocycles. The normalized spacial score (nSPS) is 10.6. The van der Waals surface area contributed by atoms with E-state index < -0.39 is 0 Å². The van der Waals surface area contributed by atoms with E-state index >= 15 is 0 Å². The number of nitrogen functional groups attached to an aromatic ring is 1. The van der Waals surface area contributed by atoms with Crippen molar-refractivity contribution in [3.8, 4) is 0 Å². The summed E-state index contributed by atoms with van der Waals surface area (Å²) in [6.07, 6.45) is 0. The number of rotatable bonds is 7. The zero-order valence-corrected chi connectivity index (χ0v) is 14.0. The minimum Gasteiger partial charge on any atom is -0.399 e. The molecule has 0 saturated heterocycles. The third kappa shape index (κ3) is 4.73. The lowest BCUT2D eigenvalue weighted by molar-refractivity contribution is 0.863. The van der Waals surface area contributed by atoms with Gasteiger partial charge in [0, 0.05) is 40.3 Å². The number of hydrogen-bond acceptors (Lipinski definition) is 3. The second-order valence-corrected chi connectivity index (χ2v) is 6.38. The fourth-order valence-corrected chi connectivity index (χ4v) is 3.41. The summed E-state index contributed by atoms with van der Waals surface area (Å²) in [5, 5.41) is 0. The van der Waals surface area contributed by atoms with Crippen molar-refractivity contribution in [1.82, 2.24) is 0 Å². The molecule has 0 unspecified atom stereocenters. The molecule has 0 radical (unpaired) electrons. The quantitative estimate of drug-likeness (QED) is 0.584. The van der Waals surface area contributed by atoms with Crippen molar-refractivity contribution < 1.29 is 0 Å². The van der Waals surface area contributed by atoms with E-state index in [1.807, 2.05) is 36.4 Å². The molecule has 2 aromatic rings. The lowest BCUT2D eigenvalue weighted by Gasteiger charge is -2.25. The molecule has 0 spiro atoms. The van der Waals surface area contributed by atoms with Gasteiger partial charge in [0.15, 0.2) is 0 Å². The smallest absolute Gasteiger partial charge is 0.0508 e. The first-order valence-electron chi connectivity index (χ1n) is 6.74. The van der Waals surface area contributed by atoms with E-state index in [0.29, 0.717) is 11.8 Å². The van der Waals surface area contributed by atoms with Crippen LogP contribution >= 0.6 is 35.0 Å². The van der Waals surface area contributed by atoms with E-state index in [1.165, 1.54) is 10.6 Å². The third-order valence-electron chi connectivity index (χ3n) is 3.02. The standard InChI is InChI=1S/C16H18Cl2N2S/c17-9-11-20(12-10-18)15-3-1-2-4-16(15)21-14-7-5-13(19)6-8-14/h1-8H,9-12,19H2. The summed E-state index contributed by atoms with van der Waals surface area (Å²) in [5.41, 5.74) is 7.67. The van der Waals surface area contributed by atoms with Crippen LogP contribution in [0.1, 0.15) is 0 Å². The van der Waals surface area contributed by atoms with Gasteiger partial charge in [0.05, 0.1) is 5.69 Å². The van der Waals surface area contributed by atoms with E-state index in [1.54, 1.807) is 11.8 Å². The molecule has 21 heavy (non-hydrogen) atoms. The Hall–Kier alpha value is -1.03. The van der Waals surface area contributed by atoms with E-state index in [0.717, 1.165) is 23.7 Å². The molecule has 0 heterocycles. The molecule has 0 bridgehead atoms. The zero-order valence-electron chi connectivity index (χ0n) is 11.6. The number of benzene rings is 2. The maximum atomic E-state index is 5.91. The topological polar surface area (TPSA) is 29.3 Å². The minimum absolute atomic E-state index is 0.581. The highest BCUT2D eigenvalue weighted by molar-refractivity contribution is 7.99. The first kappa shape index (κ1) is 16.3. The van der Waals surface area contributed by atoms with Crippen molar-refractivity contribution in [2.75, 3.05) is 35.5 Å². The van der Waals surface area contributed by atoms with Crippen LogP contribution in [0.2, 0.25) is 0 Å². The van der Waals surface area contributed by atoms with E-state index in [9.17, 15) is 0 Å². The molecule has 2 rings (SSSR count). The van der Waals surface area contributed by atoms with Gasteiger partial charge in [-0.05, 0) is 36.4 Å². The lowest BCUT2D eigenvalue weighted by Crippen LogP contribution is -2.28. The second-order valence-electron chi connectivity index (χ2n) is 4.50. The molecule has 0 aliphatic rings. The van der Waals surface area contributed by atoms with Crippen LogP contribution in [0, 0.1) is 0 Å². The first-order valence-corrected chi connectivity index (χ1v) is 8.62. The fraction of sp³-hybridized carbons (Fsp3) is 0.250. The van der Waals surface area contributed by atoms with Crippen molar-refractivity contribution in [2.24, 2.45) is 0 Å². The van der Waals surface area contributed by atoms with Crippen molar-refractivity contribution in [3.05, 3.63) is 48.5 Å². The Kier molecular flexibility index (Phi) is 6.55. The summed E-state index contributed by atoms with van der Waals surface area (Å²) in [5.74, 6) is 1.16. The molecule has 0 saturated carbocycles. The number of nitrogens with two attached hydrogens (primary N) is 1. The van der Waals surface area contributed by atoms with Gasteiger partial charge in [0.2, 0.25) is 0 Å². The van der Waals surface area contributed by atoms with Crippen LogP contribution in [0.3, 0.4) is 0 Å². The molecule has 0 aliphatic carbocycles. The van der Waals surface area contributed by atoms with Crippen LogP contribution < -0.4 is 10.6 Å². The first-order chi connectivity index (χ1) is 10.2. The summed E-state index contributed by atoms with van der Waals surface area (Å²) in [4.78, 5) is 4.57. The molecular weight excluding hydrogens is 323 g/mol. The summed E-state index contributed by atoms with van der Waals surface area (Å²) in [6.45, 7) is 1.57. The monoisotopic (exact) mass is 340 g/mol. The van der Waals surface area contributed by atoms with Crippen molar-refractivity contribution in [1.29, 1.82) is 0 Å². The maximum Gasteiger partial charge on any atom is 0.0508 e. The van der Waals surface area contributed by atoms with E-state index in [4.69, 9.17) is 28.9 Å². The van der Waals surface area contributed by atoms with E-state index in [2.05, 4.69) is 17.0 Å². The Labute approximate surface area is 140 Å². The molecule has 0 atom stereocenters. The Bertz CT molecular complexity index is 554. The van der Waals surface area contributed by atoms with Gasteiger partial charge in [-0.1, -0.05) is 23.9 Å². The van der Waals surface area contributed by atoms with Gasteiger partial charge in [-0.2, -0.15) is 0 Å². The van der Waals surface area contributed by atoms with Gasteiger partial charge in [0.25, 0.3) is 0 Å². The number of anilines is 2. The van der Waals surface area contributed by atoms with Gasteiger partial charge in [-0.3, -0.25) is 0 Å². The Morgan fingerprint density at radius 2 is 1.52 bits per heavy atom. The summed E-state index contributed by atoms with van der Waals surface area (Å²) < 4.78 is 0. The van der Waals surface area contributed by atoms with Crippen LogP contribution in [0.15, 0.2) is 58.3 Å². The molecular formula is C16H18Cl2N2S. The predicted molar refractivity (Wildman–Crippen MR) is 95.1 cm³/mol. The maximum absolute atomic E-state index is 5.91. The van der Waals surface area contributed by atoms with Crippen molar-refractivity contribution in [2.45, 2.75) is 9.79 Å². The van der Waals surface area contributed by atoms with E-state index in [-0.39, 0.29) is 0 Å². The second kappa shape index (κ2) is 8.42. The molecule has 5 heteroatoms.